The molecule has 13 heavy (non-hydrogen) atoms. The average Bonchev–Trinajstić information content (AvgIpc) is 2.09. The molecule has 0 radical (unpaired) electrons. The summed E-state index contributed by atoms with van der Waals surface area (Å²) in [5.41, 5.74) is 1.11. The Labute approximate surface area is 84.5 Å². The normalized spacial score (nSPS) is 9.77. The number of carboxylic acid groups (broad SMARTS) is 1. The average molecular weight is 245 g/mol. The molecule has 0 aliphatic rings. The van der Waals surface area contributed by atoms with Crippen molar-refractivity contribution in [3.05, 3.63) is 27.7 Å². The van der Waals surface area contributed by atoms with Gasteiger partial charge in [0.25, 0.3) is 0 Å². The number of ether oxygens (including phenoxy) is 1. The third-order valence-electron chi connectivity index (χ3n) is 1.72. The van der Waals surface area contributed by atoms with Crippen LogP contribution in [0.2, 0.25) is 0 Å². The first-order chi connectivity index (χ1) is 6.07. The molecule has 70 valence electrons. The molecule has 0 bridgehead atoms. The molecule has 0 heterocycles. The number of aromatic carboxylic acids is 1. The molecule has 0 fully saturated rings. The molecular weight excluding hydrogens is 236 g/mol. The van der Waals surface area contributed by atoms with Crippen molar-refractivity contribution in [2.75, 3.05) is 7.11 Å². The summed E-state index contributed by atoms with van der Waals surface area (Å²) < 4.78 is 5.68. The first-order valence-corrected chi connectivity index (χ1v) is 4.43. The standard InChI is InChI=1S/C9H9BrO3/c1-5-3-4-6(9(11)12)8(13-2)7(5)10/h3-4H,1-2H3,(H,11,12). The number of hydrogen-bond acceptors (Lipinski definition) is 2. The maximum Gasteiger partial charge on any atom is 0.339 e. The number of halogens is 1. The van der Waals surface area contributed by atoms with Crippen LogP contribution in [0.4, 0.5) is 0 Å². The number of carboxylic acids is 1. The molecule has 3 nitrogen and oxygen atoms in total. The van der Waals surface area contributed by atoms with Crippen molar-refractivity contribution < 1.29 is 14.6 Å². The molecule has 1 aromatic carbocycles. The van der Waals surface area contributed by atoms with Gasteiger partial charge < -0.3 is 9.84 Å². The van der Waals surface area contributed by atoms with Gasteiger partial charge in [-0.2, -0.15) is 0 Å². The van der Waals surface area contributed by atoms with E-state index in [0.29, 0.717) is 10.2 Å². The quantitative estimate of drug-likeness (QED) is 0.870. The smallest absolute Gasteiger partial charge is 0.339 e. The molecule has 0 unspecified atom stereocenters. The van der Waals surface area contributed by atoms with Gasteiger partial charge in [0.05, 0.1) is 11.6 Å². The molecule has 0 aliphatic heterocycles. The van der Waals surface area contributed by atoms with Gasteiger partial charge in [0.1, 0.15) is 11.3 Å². The minimum Gasteiger partial charge on any atom is -0.495 e. The van der Waals surface area contributed by atoms with Gasteiger partial charge in [0, 0.05) is 0 Å². The Bertz CT molecular complexity index is 347. The van der Waals surface area contributed by atoms with Gasteiger partial charge in [-0.25, -0.2) is 4.79 Å². The van der Waals surface area contributed by atoms with E-state index in [1.54, 1.807) is 6.07 Å². The fourth-order valence-corrected chi connectivity index (χ4v) is 1.53. The van der Waals surface area contributed by atoms with Crippen LogP contribution in [0.15, 0.2) is 16.6 Å². The minimum absolute atomic E-state index is 0.167. The van der Waals surface area contributed by atoms with Crippen LogP contribution in [-0.2, 0) is 0 Å². The monoisotopic (exact) mass is 244 g/mol. The van der Waals surface area contributed by atoms with E-state index in [2.05, 4.69) is 15.9 Å². The molecule has 0 saturated carbocycles. The van der Waals surface area contributed by atoms with Crippen molar-refractivity contribution in [1.29, 1.82) is 0 Å². The van der Waals surface area contributed by atoms with Gasteiger partial charge in [-0.3, -0.25) is 0 Å². The second-order valence-corrected chi connectivity index (χ2v) is 3.38. The molecule has 4 heteroatoms. The highest BCUT2D eigenvalue weighted by Crippen LogP contribution is 2.31. The predicted octanol–water partition coefficient (Wildman–Crippen LogP) is 2.46. The van der Waals surface area contributed by atoms with Crippen molar-refractivity contribution in [3.8, 4) is 5.75 Å². The summed E-state index contributed by atoms with van der Waals surface area (Å²) in [6.07, 6.45) is 0. The lowest BCUT2D eigenvalue weighted by atomic mass is 10.1. The van der Waals surface area contributed by atoms with Gasteiger partial charge >= 0.3 is 5.97 Å². The number of hydrogen-bond donors (Lipinski definition) is 1. The zero-order chi connectivity index (χ0) is 10.0. The summed E-state index contributed by atoms with van der Waals surface area (Å²) in [6.45, 7) is 1.87. The molecule has 0 aliphatic carbocycles. The Hall–Kier alpha value is -1.03. The highest BCUT2D eigenvalue weighted by Gasteiger charge is 2.14. The largest absolute Gasteiger partial charge is 0.495 e. The topological polar surface area (TPSA) is 46.5 Å². The highest BCUT2D eigenvalue weighted by molar-refractivity contribution is 9.10. The Kier molecular flexibility index (Phi) is 2.93. The van der Waals surface area contributed by atoms with E-state index >= 15 is 0 Å². The summed E-state index contributed by atoms with van der Waals surface area (Å²) in [5, 5.41) is 8.81. The van der Waals surface area contributed by atoms with Crippen LogP contribution in [0.1, 0.15) is 15.9 Å². The van der Waals surface area contributed by atoms with E-state index in [9.17, 15) is 4.79 Å². The second-order valence-electron chi connectivity index (χ2n) is 2.58. The van der Waals surface area contributed by atoms with Crippen LogP contribution in [0.5, 0.6) is 5.75 Å². The van der Waals surface area contributed by atoms with Gasteiger partial charge in [-0.1, -0.05) is 6.07 Å². The third-order valence-corrected chi connectivity index (χ3v) is 2.71. The number of aryl methyl sites for hydroxylation is 1. The lowest BCUT2D eigenvalue weighted by molar-refractivity contribution is 0.0693. The van der Waals surface area contributed by atoms with Crippen molar-refractivity contribution in [2.45, 2.75) is 6.92 Å². The zero-order valence-corrected chi connectivity index (χ0v) is 8.88. The molecule has 1 aromatic rings. The van der Waals surface area contributed by atoms with E-state index in [4.69, 9.17) is 9.84 Å². The Morgan fingerprint density at radius 2 is 2.15 bits per heavy atom. The van der Waals surface area contributed by atoms with Crippen LogP contribution in [0.3, 0.4) is 0 Å². The van der Waals surface area contributed by atoms with E-state index in [-0.39, 0.29) is 5.56 Å². The van der Waals surface area contributed by atoms with E-state index in [1.165, 1.54) is 13.2 Å². The molecule has 0 aromatic heterocycles. The van der Waals surface area contributed by atoms with E-state index in [1.807, 2.05) is 6.92 Å². The first kappa shape index (κ1) is 10.1. The Morgan fingerprint density at radius 1 is 1.54 bits per heavy atom. The summed E-state index contributed by atoms with van der Waals surface area (Å²) in [7, 11) is 1.45. The van der Waals surface area contributed by atoms with Crippen molar-refractivity contribution in [3.63, 3.8) is 0 Å². The molecule has 0 saturated heterocycles. The maximum absolute atomic E-state index is 10.7. The first-order valence-electron chi connectivity index (χ1n) is 3.64. The van der Waals surface area contributed by atoms with Crippen molar-refractivity contribution in [1.82, 2.24) is 0 Å². The van der Waals surface area contributed by atoms with Crippen LogP contribution in [-0.4, -0.2) is 18.2 Å². The fraction of sp³-hybridized carbons (Fsp3) is 0.222. The summed E-state index contributed by atoms with van der Waals surface area (Å²) >= 11 is 3.27. The van der Waals surface area contributed by atoms with Gasteiger partial charge in [0.15, 0.2) is 0 Å². The number of carbonyl (C=O) groups is 1. The highest BCUT2D eigenvalue weighted by atomic mass is 79.9. The van der Waals surface area contributed by atoms with Crippen molar-refractivity contribution >= 4 is 21.9 Å². The van der Waals surface area contributed by atoms with E-state index < -0.39 is 5.97 Å². The molecule has 0 amide bonds. The molecule has 0 atom stereocenters. The fourth-order valence-electron chi connectivity index (χ4n) is 1.02. The SMILES string of the molecule is COc1c(C(=O)O)ccc(C)c1Br. The lowest BCUT2D eigenvalue weighted by Crippen LogP contribution is -2.01. The van der Waals surface area contributed by atoms with Crippen LogP contribution >= 0.6 is 15.9 Å². The van der Waals surface area contributed by atoms with Crippen LogP contribution in [0, 0.1) is 6.92 Å². The third kappa shape index (κ3) is 1.83. The Morgan fingerprint density at radius 3 is 2.62 bits per heavy atom. The number of methoxy groups -OCH3 is 1. The maximum atomic E-state index is 10.7. The molecule has 1 rings (SSSR count). The summed E-state index contributed by atoms with van der Waals surface area (Å²) in [5.74, 6) is -0.620. The number of benzene rings is 1. The molecule has 1 N–H and O–H groups in total. The summed E-state index contributed by atoms with van der Waals surface area (Å²) in [6, 6.07) is 3.26. The van der Waals surface area contributed by atoms with Crippen LogP contribution < -0.4 is 4.74 Å². The van der Waals surface area contributed by atoms with Gasteiger partial charge in [0.2, 0.25) is 0 Å². The van der Waals surface area contributed by atoms with Gasteiger partial charge in [-0.05, 0) is 34.5 Å². The summed E-state index contributed by atoms with van der Waals surface area (Å²) in [4.78, 5) is 10.7. The predicted molar refractivity (Wildman–Crippen MR) is 52.4 cm³/mol. The minimum atomic E-state index is -0.988. The molecule has 0 spiro atoms. The second kappa shape index (κ2) is 3.79. The zero-order valence-electron chi connectivity index (χ0n) is 7.30. The Balaban J connectivity index is 3.38. The van der Waals surface area contributed by atoms with E-state index in [0.717, 1.165) is 5.56 Å². The molecular formula is C9H9BrO3. The number of rotatable bonds is 2. The lowest BCUT2D eigenvalue weighted by Gasteiger charge is -2.08. The van der Waals surface area contributed by atoms with Crippen LogP contribution in [0.25, 0.3) is 0 Å². The van der Waals surface area contributed by atoms with Crippen molar-refractivity contribution in [2.24, 2.45) is 0 Å². The van der Waals surface area contributed by atoms with Gasteiger partial charge in [-0.15, -0.1) is 0 Å².